The first-order valence-corrected chi connectivity index (χ1v) is 6.80. The van der Waals surface area contributed by atoms with Crippen LogP contribution in [0.3, 0.4) is 0 Å². The van der Waals surface area contributed by atoms with Gasteiger partial charge in [0.1, 0.15) is 0 Å². The van der Waals surface area contributed by atoms with E-state index in [4.69, 9.17) is 23.2 Å². The van der Waals surface area contributed by atoms with Crippen molar-refractivity contribution in [1.29, 1.82) is 0 Å². The van der Waals surface area contributed by atoms with Crippen LogP contribution in [0.4, 0.5) is 5.69 Å². The Bertz CT molecular complexity index is 405. The molecule has 94 valence electrons. The second-order valence-electron chi connectivity index (χ2n) is 4.71. The number of aromatic hydroxyl groups is 1. The van der Waals surface area contributed by atoms with Crippen LogP contribution in [-0.2, 0) is 0 Å². The first kappa shape index (κ1) is 12.8. The van der Waals surface area contributed by atoms with E-state index in [2.05, 4.69) is 12.2 Å². The maximum Gasteiger partial charge on any atom is 0.157 e. The van der Waals surface area contributed by atoms with E-state index in [1.165, 1.54) is 12.8 Å². The van der Waals surface area contributed by atoms with E-state index in [1.54, 1.807) is 12.1 Å². The molecule has 4 heteroatoms. The second-order valence-corrected chi connectivity index (χ2v) is 5.56. The van der Waals surface area contributed by atoms with Crippen LogP contribution in [0.25, 0.3) is 0 Å². The number of halogens is 2. The van der Waals surface area contributed by atoms with Crippen LogP contribution < -0.4 is 5.32 Å². The first-order chi connectivity index (χ1) is 8.10. The lowest BCUT2D eigenvalue weighted by molar-refractivity contribution is 0.475. The van der Waals surface area contributed by atoms with Crippen LogP contribution in [0.2, 0.25) is 10.0 Å². The summed E-state index contributed by atoms with van der Waals surface area (Å²) in [5.41, 5.74) is 0.634. The molecule has 2 nitrogen and oxygen atoms in total. The lowest BCUT2D eigenvalue weighted by atomic mass is 10.1. The Balaban J connectivity index is 2.09. The number of benzene rings is 1. The number of anilines is 1. The fraction of sp³-hybridized carbons (Fsp3) is 0.538. The van der Waals surface area contributed by atoms with Gasteiger partial charge in [0.2, 0.25) is 0 Å². The van der Waals surface area contributed by atoms with Gasteiger partial charge in [-0.1, -0.05) is 43.0 Å². The number of phenols is 1. The van der Waals surface area contributed by atoms with Crippen LogP contribution in [0.5, 0.6) is 5.75 Å². The maximum absolute atomic E-state index is 9.86. The van der Waals surface area contributed by atoms with Gasteiger partial charge in [0.05, 0.1) is 10.7 Å². The van der Waals surface area contributed by atoms with Crippen LogP contribution in [0, 0.1) is 5.92 Å². The molecule has 17 heavy (non-hydrogen) atoms. The predicted molar refractivity (Wildman–Crippen MR) is 73.2 cm³/mol. The van der Waals surface area contributed by atoms with Gasteiger partial charge in [-0.2, -0.15) is 0 Å². The molecule has 0 amide bonds. The van der Waals surface area contributed by atoms with Crippen molar-refractivity contribution < 1.29 is 5.11 Å². The largest absolute Gasteiger partial charge is 0.504 e. The number of nitrogens with one attached hydrogen (secondary N) is 1. The van der Waals surface area contributed by atoms with Gasteiger partial charge in [-0.25, -0.2) is 0 Å². The number of hydrogen-bond donors (Lipinski definition) is 2. The van der Waals surface area contributed by atoms with Gasteiger partial charge in [-0.3, -0.25) is 0 Å². The van der Waals surface area contributed by atoms with Gasteiger partial charge in [0.25, 0.3) is 0 Å². The Morgan fingerprint density at radius 1 is 1.41 bits per heavy atom. The van der Waals surface area contributed by atoms with Gasteiger partial charge < -0.3 is 10.4 Å². The number of rotatable bonds is 5. The number of hydrogen-bond acceptors (Lipinski definition) is 2. The molecule has 2 rings (SSSR count). The third-order valence-corrected chi connectivity index (χ3v) is 3.70. The molecule has 1 unspecified atom stereocenters. The highest BCUT2D eigenvalue weighted by atomic mass is 35.5. The van der Waals surface area contributed by atoms with E-state index in [0.29, 0.717) is 21.8 Å². The lowest BCUT2D eigenvalue weighted by Crippen LogP contribution is -2.19. The maximum atomic E-state index is 9.86. The minimum atomic E-state index is 0.0883. The Hall–Kier alpha value is -0.600. The Morgan fingerprint density at radius 3 is 2.71 bits per heavy atom. The summed E-state index contributed by atoms with van der Waals surface area (Å²) in [6.45, 7) is 2.14. The van der Waals surface area contributed by atoms with Crippen molar-refractivity contribution in [3.63, 3.8) is 0 Å². The predicted octanol–water partition coefficient (Wildman–Crippen LogP) is 4.69. The van der Waals surface area contributed by atoms with Gasteiger partial charge >= 0.3 is 0 Å². The SMILES string of the molecule is CCC(CC1CC1)Nc1cc(Cl)cc(Cl)c1O. The molecule has 1 aromatic carbocycles. The highest BCUT2D eigenvalue weighted by molar-refractivity contribution is 6.36. The van der Waals surface area contributed by atoms with Gasteiger partial charge in [0, 0.05) is 11.1 Å². The smallest absolute Gasteiger partial charge is 0.157 e. The molecule has 1 atom stereocenters. The standard InChI is InChI=1S/C13H17Cl2NO/c1-2-10(5-8-3-4-8)16-12-7-9(14)6-11(15)13(12)17/h6-8,10,16-17H,2-5H2,1H3. The van der Waals surface area contributed by atoms with Crippen molar-refractivity contribution >= 4 is 28.9 Å². The zero-order valence-electron chi connectivity index (χ0n) is 9.84. The van der Waals surface area contributed by atoms with Gasteiger partial charge in [-0.15, -0.1) is 0 Å². The quantitative estimate of drug-likeness (QED) is 0.763. The topological polar surface area (TPSA) is 32.3 Å². The molecule has 1 fully saturated rings. The molecule has 0 spiro atoms. The van der Waals surface area contributed by atoms with Crippen molar-refractivity contribution in [2.45, 2.75) is 38.6 Å². The first-order valence-electron chi connectivity index (χ1n) is 6.04. The summed E-state index contributed by atoms with van der Waals surface area (Å²) in [7, 11) is 0. The fourth-order valence-corrected chi connectivity index (χ4v) is 2.47. The summed E-state index contributed by atoms with van der Waals surface area (Å²) >= 11 is 11.8. The van der Waals surface area contributed by atoms with E-state index in [-0.39, 0.29) is 5.75 Å². The molecule has 1 aromatic rings. The number of phenolic OH excluding ortho intramolecular Hbond substituents is 1. The zero-order chi connectivity index (χ0) is 12.4. The third kappa shape index (κ3) is 3.43. The van der Waals surface area contributed by atoms with Crippen molar-refractivity contribution in [1.82, 2.24) is 0 Å². The van der Waals surface area contributed by atoms with Crippen LogP contribution in [0.1, 0.15) is 32.6 Å². The van der Waals surface area contributed by atoms with Crippen molar-refractivity contribution in [3.8, 4) is 5.75 Å². The lowest BCUT2D eigenvalue weighted by Gasteiger charge is -2.19. The molecule has 1 aliphatic carbocycles. The highest BCUT2D eigenvalue weighted by Gasteiger charge is 2.25. The van der Waals surface area contributed by atoms with E-state index < -0.39 is 0 Å². The minimum absolute atomic E-state index is 0.0883. The molecular formula is C13H17Cl2NO. The third-order valence-electron chi connectivity index (χ3n) is 3.20. The monoisotopic (exact) mass is 273 g/mol. The summed E-state index contributed by atoms with van der Waals surface area (Å²) in [6, 6.07) is 3.65. The van der Waals surface area contributed by atoms with Crippen LogP contribution in [-0.4, -0.2) is 11.1 Å². The molecule has 0 aromatic heterocycles. The van der Waals surface area contributed by atoms with E-state index in [1.807, 2.05) is 0 Å². The minimum Gasteiger partial charge on any atom is -0.504 e. The second kappa shape index (κ2) is 5.36. The summed E-state index contributed by atoms with van der Waals surface area (Å²) in [5.74, 6) is 0.939. The fourth-order valence-electron chi connectivity index (χ4n) is 1.98. The molecule has 0 aliphatic heterocycles. The van der Waals surface area contributed by atoms with Gasteiger partial charge in [0.15, 0.2) is 5.75 Å². The Labute approximate surface area is 112 Å². The molecule has 0 radical (unpaired) electrons. The summed E-state index contributed by atoms with van der Waals surface area (Å²) in [5, 5.41) is 14.0. The van der Waals surface area contributed by atoms with Crippen molar-refractivity contribution in [2.24, 2.45) is 5.92 Å². The van der Waals surface area contributed by atoms with E-state index in [9.17, 15) is 5.11 Å². The van der Waals surface area contributed by atoms with E-state index >= 15 is 0 Å². The van der Waals surface area contributed by atoms with Crippen LogP contribution >= 0.6 is 23.2 Å². The molecule has 0 saturated heterocycles. The normalized spacial score (nSPS) is 16.9. The van der Waals surface area contributed by atoms with Gasteiger partial charge in [-0.05, 0) is 30.9 Å². The zero-order valence-corrected chi connectivity index (χ0v) is 11.4. The molecule has 0 heterocycles. The molecule has 1 saturated carbocycles. The van der Waals surface area contributed by atoms with Crippen molar-refractivity contribution in [3.05, 3.63) is 22.2 Å². The molecule has 1 aliphatic rings. The molecular weight excluding hydrogens is 257 g/mol. The summed E-state index contributed by atoms with van der Waals surface area (Å²) in [6.07, 6.45) is 4.85. The molecule has 2 N–H and O–H groups in total. The Morgan fingerprint density at radius 2 is 2.12 bits per heavy atom. The van der Waals surface area contributed by atoms with Crippen LogP contribution in [0.15, 0.2) is 12.1 Å². The van der Waals surface area contributed by atoms with E-state index in [0.717, 1.165) is 18.8 Å². The summed E-state index contributed by atoms with van der Waals surface area (Å²) in [4.78, 5) is 0. The Kier molecular flexibility index (Phi) is 4.05. The highest BCUT2D eigenvalue weighted by Crippen LogP contribution is 2.38. The summed E-state index contributed by atoms with van der Waals surface area (Å²) < 4.78 is 0. The van der Waals surface area contributed by atoms with Crippen molar-refractivity contribution in [2.75, 3.05) is 5.32 Å². The average molecular weight is 274 g/mol. The average Bonchev–Trinajstić information content (AvgIpc) is 3.08. The molecule has 0 bridgehead atoms.